The first kappa shape index (κ1) is 14.8. The molecule has 3 aromatic rings. The molecule has 0 spiro atoms. The van der Waals surface area contributed by atoms with Crippen molar-refractivity contribution in [2.75, 3.05) is 19.5 Å². The standard InChI is InChI=1S/C15H18N6S/c1-11-9-13(18-20(2)3)21-14(16-11)17-15(19-21)22-10-12-7-5-4-6-8-12/h4-9,18H,10H2,1-3H3. The SMILES string of the molecule is Cc1cc(NN(C)C)n2nc(SCc3ccccc3)nc2n1. The lowest BCUT2D eigenvalue weighted by Gasteiger charge is -2.14. The monoisotopic (exact) mass is 314 g/mol. The van der Waals surface area contributed by atoms with Crippen LogP contribution < -0.4 is 5.43 Å². The maximum atomic E-state index is 4.54. The topological polar surface area (TPSA) is 58.4 Å². The van der Waals surface area contributed by atoms with Gasteiger partial charge in [0.05, 0.1) is 0 Å². The summed E-state index contributed by atoms with van der Waals surface area (Å²) in [5.74, 6) is 2.30. The molecule has 6 nitrogen and oxygen atoms in total. The van der Waals surface area contributed by atoms with Gasteiger partial charge in [0.2, 0.25) is 5.16 Å². The van der Waals surface area contributed by atoms with Crippen molar-refractivity contribution in [3.63, 3.8) is 0 Å². The molecule has 0 aliphatic rings. The third-order valence-electron chi connectivity index (χ3n) is 2.97. The molecule has 0 radical (unpaired) electrons. The highest BCUT2D eigenvalue weighted by Gasteiger charge is 2.11. The van der Waals surface area contributed by atoms with Crippen molar-refractivity contribution in [1.82, 2.24) is 24.6 Å². The zero-order chi connectivity index (χ0) is 15.5. The minimum Gasteiger partial charge on any atom is -0.303 e. The van der Waals surface area contributed by atoms with Crippen molar-refractivity contribution >= 4 is 23.4 Å². The number of aromatic nitrogens is 4. The molecule has 114 valence electrons. The highest BCUT2D eigenvalue weighted by molar-refractivity contribution is 7.98. The smallest absolute Gasteiger partial charge is 0.255 e. The zero-order valence-corrected chi connectivity index (χ0v) is 13.6. The van der Waals surface area contributed by atoms with E-state index in [-0.39, 0.29) is 0 Å². The Morgan fingerprint density at radius 3 is 2.68 bits per heavy atom. The molecule has 0 aliphatic carbocycles. The predicted octanol–water partition coefficient (Wildman–Crippen LogP) is 2.61. The van der Waals surface area contributed by atoms with E-state index in [2.05, 4.69) is 32.6 Å². The molecule has 1 aromatic carbocycles. The quantitative estimate of drug-likeness (QED) is 0.577. The van der Waals surface area contributed by atoms with E-state index in [1.54, 1.807) is 16.3 Å². The Morgan fingerprint density at radius 1 is 1.18 bits per heavy atom. The van der Waals surface area contributed by atoms with Crippen LogP contribution in [0.15, 0.2) is 41.6 Å². The fraction of sp³-hybridized carbons (Fsp3) is 0.267. The first-order valence-corrected chi connectivity index (χ1v) is 7.95. The number of aryl methyl sites for hydroxylation is 1. The van der Waals surface area contributed by atoms with Crippen LogP contribution in [0.1, 0.15) is 11.3 Å². The highest BCUT2D eigenvalue weighted by atomic mass is 32.2. The average Bonchev–Trinajstić information content (AvgIpc) is 2.88. The molecule has 0 aliphatic heterocycles. The van der Waals surface area contributed by atoms with Crippen molar-refractivity contribution in [3.05, 3.63) is 47.7 Å². The summed E-state index contributed by atoms with van der Waals surface area (Å²) in [6.45, 7) is 1.95. The van der Waals surface area contributed by atoms with E-state index in [4.69, 9.17) is 0 Å². The molecule has 0 saturated heterocycles. The summed E-state index contributed by atoms with van der Waals surface area (Å²) in [4.78, 5) is 8.94. The normalized spacial score (nSPS) is 11.3. The Morgan fingerprint density at radius 2 is 1.95 bits per heavy atom. The molecule has 2 aromatic heterocycles. The van der Waals surface area contributed by atoms with E-state index in [1.807, 2.05) is 50.3 Å². The minimum absolute atomic E-state index is 0.611. The Bertz CT molecular complexity index is 768. The summed E-state index contributed by atoms with van der Waals surface area (Å²) in [7, 11) is 3.87. The van der Waals surface area contributed by atoms with Gasteiger partial charge in [-0.05, 0) is 12.5 Å². The van der Waals surface area contributed by atoms with Crippen LogP contribution in [0.3, 0.4) is 0 Å². The maximum Gasteiger partial charge on any atom is 0.255 e. The number of hydrogen-bond donors (Lipinski definition) is 1. The van der Waals surface area contributed by atoms with Gasteiger partial charge >= 0.3 is 0 Å². The molecular weight excluding hydrogens is 296 g/mol. The summed E-state index contributed by atoms with van der Waals surface area (Å²) in [5.41, 5.74) is 5.38. The van der Waals surface area contributed by atoms with E-state index in [9.17, 15) is 0 Å². The number of anilines is 1. The maximum absolute atomic E-state index is 4.54. The van der Waals surface area contributed by atoms with E-state index in [0.29, 0.717) is 5.78 Å². The molecular formula is C15H18N6S. The zero-order valence-electron chi connectivity index (χ0n) is 12.8. The fourth-order valence-electron chi connectivity index (χ4n) is 2.06. The van der Waals surface area contributed by atoms with Crippen LogP contribution in [0, 0.1) is 6.92 Å². The van der Waals surface area contributed by atoms with Crippen molar-refractivity contribution in [2.45, 2.75) is 17.8 Å². The molecule has 0 saturated carbocycles. The summed E-state index contributed by atoms with van der Waals surface area (Å²) in [6, 6.07) is 12.2. The number of hydrogen-bond acceptors (Lipinski definition) is 6. The Kier molecular flexibility index (Phi) is 4.26. The van der Waals surface area contributed by atoms with Gasteiger partial charge < -0.3 is 5.43 Å². The van der Waals surface area contributed by atoms with Gasteiger partial charge in [-0.25, -0.2) is 9.99 Å². The van der Waals surface area contributed by atoms with Crippen LogP contribution >= 0.6 is 11.8 Å². The Balaban J connectivity index is 1.85. The van der Waals surface area contributed by atoms with Crippen LogP contribution in [-0.2, 0) is 5.75 Å². The summed E-state index contributed by atoms with van der Waals surface area (Å²) >= 11 is 1.61. The molecule has 0 unspecified atom stereocenters. The van der Waals surface area contributed by atoms with Crippen molar-refractivity contribution in [2.24, 2.45) is 0 Å². The fourth-order valence-corrected chi connectivity index (χ4v) is 2.83. The summed E-state index contributed by atoms with van der Waals surface area (Å²) in [5, 5.41) is 7.13. The Labute approximate surface area is 133 Å². The molecule has 1 N–H and O–H groups in total. The average molecular weight is 314 g/mol. The number of fused-ring (bicyclic) bond motifs is 1. The summed E-state index contributed by atoms with van der Waals surface area (Å²) in [6.07, 6.45) is 0. The van der Waals surface area contributed by atoms with Crippen LogP contribution in [0.25, 0.3) is 5.78 Å². The molecule has 0 atom stereocenters. The predicted molar refractivity (Wildman–Crippen MR) is 88.8 cm³/mol. The Hall–Kier alpha value is -2.12. The van der Waals surface area contributed by atoms with Gasteiger partial charge in [-0.1, -0.05) is 42.1 Å². The molecule has 3 rings (SSSR count). The number of thioether (sulfide) groups is 1. The number of hydrazine groups is 1. The van der Waals surface area contributed by atoms with Crippen molar-refractivity contribution < 1.29 is 0 Å². The van der Waals surface area contributed by atoms with Crippen LogP contribution in [0.2, 0.25) is 0 Å². The van der Waals surface area contributed by atoms with Gasteiger partial charge in [-0.3, -0.25) is 0 Å². The second-order valence-corrected chi connectivity index (χ2v) is 6.11. The van der Waals surface area contributed by atoms with Crippen LogP contribution in [0.4, 0.5) is 5.82 Å². The van der Waals surface area contributed by atoms with Gasteiger partial charge in [-0.2, -0.15) is 9.50 Å². The van der Waals surface area contributed by atoms with E-state index in [1.165, 1.54) is 5.56 Å². The third kappa shape index (κ3) is 3.37. The van der Waals surface area contributed by atoms with E-state index < -0.39 is 0 Å². The second kappa shape index (κ2) is 6.33. The molecule has 22 heavy (non-hydrogen) atoms. The molecule has 2 heterocycles. The minimum atomic E-state index is 0.611. The number of rotatable bonds is 5. The number of nitrogens with one attached hydrogen (secondary N) is 1. The first-order valence-electron chi connectivity index (χ1n) is 6.97. The highest BCUT2D eigenvalue weighted by Crippen LogP contribution is 2.21. The molecule has 0 bridgehead atoms. The molecule has 0 amide bonds. The lowest BCUT2D eigenvalue weighted by Crippen LogP contribution is -2.22. The van der Waals surface area contributed by atoms with Gasteiger partial charge in [0.15, 0.2) is 0 Å². The van der Waals surface area contributed by atoms with Gasteiger partial charge in [0, 0.05) is 31.6 Å². The van der Waals surface area contributed by atoms with Crippen LogP contribution in [-0.4, -0.2) is 38.7 Å². The first-order chi connectivity index (χ1) is 10.6. The summed E-state index contributed by atoms with van der Waals surface area (Å²) < 4.78 is 1.74. The lowest BCUT2D eigenvalue weighted by atomic mass is 10.2. The third-order valence-corrected chi connectivity index (χ3v) is 3.88. The number of nitrogens with zero attached hydrogens (tertiary/aromatic N) is 5. The second-order valence-electron chi connectivity index (χ2n) is 5.17. The largest absolute Gasteiger partial charge is 0.303 e. The lowest BCUT2D eigenvalue weighted by molar-refractivity contribution is 0.489. The molecule has 7 heteroatoms. The molecule has 0 fully saturated rings. The number of benzene rings is 1. The van der Waals surface area contributed by atoms with Crippen molar-refractivity contribution in [3.8, 4) is 0 Å². The van der Waals surface area contributed by atoms with Crippen molar-refractivity contribution in [1.29, 1.82) is 0 Å². The van der Waals surface area contributed by atoms with Gasteiger partial charge in [-0.15, -0.1) is 5.10 Å². The van der Waals surface area contributed by atoms with Gasteiger partial charge in [0.1, 0.15) is 5.82 Å². The van der Waals surface area contributed by atoms with E-state index in [0.717, 1.165) is 22.4 Å². The van der Waals surface area contributed by atoms with Gasteiger partial charge in [0.25, 0.3) is 5.78 Å². The van der Waals surface area contributed by atoms with Crippen LogP contribution in [0.5, 0.6) is 0 Å². The van der Waals surface area contributed by atoms with E-state index >= 15 is 0 Å².